The lowest BCUT2D eigenvalue weighted by Gasteiger charge is -2.37. The number of non-ortho nitro benzene ring substituents is 1. The Morgan fingerprint density at radius 3 is 2.29 bits per heavy atom. The average molecular weight is 493 g/mol. The molecular formula is C23H32N4O8. The van der Waals surface area contributed by atoms with Crippen LogP contribution in [-0.2, 0) is 23.7 Å². The highest BCUT2D eigenvalue weighted by atomic mass is 16.7. The molecule has 192 valence electrons. The van der Waals surface area contributed by atoms with E-state index in [0.29, 0.717) is 12.0 Å². The first-order valence-electron chi connectivity index (χ1n) is 11.0. The van der Waals surface area contributed by atoms with Crippen molar-refractivity contribution in [1.29, 1.82) is 0 Å². The molecule has 0 aromatic heterocycles. The van der Waals surface area contributed by atoms with Gasteiger partial charge in [0.2, 0.25) is 5.96 Å². The predicted molar refractivity (Wildman–Crippen MR) is 127 cm³/mol. The van der Waals surface area contributed by atoms with Gasteiger partial charge in [0.05, 0.1) is 28.8 Å². The highest BCUT2D eigenvalue weighted by Crippen LogP contribution is 2.34. The van der Waals surface area contributed by atoms with Crippen molar-refractivity contribution in [2.45, 2.75) is 58.5 Å². The van der Waals surface area contributed by atoms with E-state index in [-0.39, 0.29) is 35.9 Å². The third-order valence-electron chi connectivity index (χ3n) is 5.01. The summed E-state index contributed by atoms with van der Waals surface area (Å²) in [5, 5.41) is 11.1. The van der Waals surface area contributed by atoms with Crippen molar-refractivity contribution < 1.29 is 33.5 Å². The second-order valence-corrected chi connectivity index (χ2v) is 8.60. The lowest BCUT2D eigenvalue weighted by molar-refractivity contribution is -0.384. The Balaban J connectivity index is 2.67. The zero-order valence-electron chi connectivity index (χ0n) is 20.8. The van der Waals surface area contributed by atoms with Gasteiger partial charge >= 0.3 is 12.1 Å². The number of ether oxygens (including phenoxy) is 4. The molecule has 0 fully saturated rings. The summed E-state index contributed by atoms with van der Waals surface area (Å²) in [5.74, 6) is -0.904. The number of methoxy groups -OCH3 is 2. The Bertz CT molecular complexity index is 994. The molecule has 0 spiro atoms. The van der Waals surface area contributed by atoms with E-state index in [0.717, 1.165) is 4.90 Å². The molecule has 35 heavy (non-hydrogen) atoms. The van der Waals surface area contributed by atoms with Crippen LogP contribution in [0.25, 0.3) is 5.70 Å². The maximum Gasteiger partial charge on any atom is 0.417 e. The summed E-state index contributed by atoms with van der Waals surface area (Å²) < 4.78 is 21.4. The van der Waals surface area contributed by atoms with Crippen molar-refractivity contribution >= 4 is 29.4 Å². The van der Waals surface area contributed by atoms with E-state index in [1.807, 2.05) is 0 Å². The Labute approximate surface area is 203 Å². The summed E-state index contributed by atoms with van der Waals surface area (Å²) in [6, 6.07) is 4.56. The lowest BCUT2D eigenvalue weighted by Crippen LogP contribution is -2.54. The summed E-state index contributed by atoms with van der Waals surface area (Å²) in [6.45, 7) is 6.83. The number of benzene rings is 1. The Kier molecular flexibility index (Phi) is 9.32. The minimum absolute atomic E-state index is 0.0618. The van der Waals surface area contributed by atoms with E-state index >= 15 is 0 Å². The van der Waals surface area contributed by atoms with Gasteiger partial charge in [-0.25, -0.2) is 19.5 Å². The SMILES string of the molecule is CCOC(=O)C1=C(c2ccc([N+](=O)[O-])cc2)N=C(N)N(C(=O)OC(C)(C)C)C1CCC(OC)OC. The van der Waals surface area contributed by atoms with Crippen LogP contribution in [0, 0.1) is 10.1 Å². The van der Waals surface area contributed by atoms with E-state index in [1.165, 1.54) is 38.5 Å². The van der Waals surface area contributed by atoms with Crippen LogP contribution in [0.3, 0.4) is 0 Å². The van der Waals surface area contributed by atoms with Crippen LogP contribution in [0.2, 0.25) is 0 Å². The van der Waals surface area contributed by atoms with Gasteiger partial charge in [-0.3, -0.25) is 10.1 Å². The number of carbonyl (C=O) groups excluding carboxylic acids is 2. The zero-order valence-corrected chi connectivity index (χ0v) is 20.8. The highest BCUT2D eigenvalue weighted by Gasteiger charge is 2.41. The fraction of sp³-hybridized carbons (Fsp3) is 0.522. The Morgan fingerprint density at radius 2 is 1.80 bits per heavy atom. The number of hydrogen-bond donors (Lipinski definition) is 1. The number of nitro benzene ring substituents is 1. The maximum atomic E-state index is 13.2. The first-order chi connectivity index (χ1) is 16.4. The van der Waals surface area contributed by atoms with Crippen LogP contribution >= 0.6 is 0 Å². The smallest absolute Gasteiger partial charge is 0.417 e. The summed E-state index contributed by atoms with van der Waals surface area (Å²) in [7, 11) is 2.95. The topological polar surface area (TPSA) is 156 Å². The van der Waals surface area contributed by atoms with Crippen LogP contribution < -0.4 is 5.73 Å². The minimum Gasteiger partial charge on any atom is -0.463 e. The van der Waals surface area contributed by atoms with Crippen LogP contribution in [-0.4, -0.2) is 66.6 Å². The van der Waals surface area contributed by atoms with Gasteiger partial charge in [0.1, 0.15) is 5.60 Å². The molecule has 2 rings (SSSR count). The van der Waals surface area contributed by atoms with E-state index in [2.05, 4.69) is 4.99 Å². The second-order valence-electron chi connectivity index (χ2n) is 8.60. The highest BCUT2D eigenvalue weighted by molar-refractivity contribution is 6.07. The van der Waals surface area contributed by atoms with Gasteiger partial charge in [-0.1, -0.05) is 0 Å². The van der Waals surface area contributed by atoms with Gasteiger partial charge in [0.15, 0.2) is 6.29 Å². The molecule has 1 aromatic rings. The molecule has 0 radical (unpaired) electrons. The Hall–Kier alpha value is -3.51. The first-order valence-corrected chi connectivity index (χ1v) is 11.0. The average Bonchev–Trinajstić information content (AvgIpc) is 2.78. The third kappa shape index (κ3) is 6.99. The van der Waals surface area contributed by atoms with Gasteiger partial charge < -0.3 is 24.7 Å². The molecule has 1 aliphatic heterocycles. The van der Waals surface area contributed by atoms with Crippen LogP contribution in [0.5, 0.6) is 0 Å². The molecule has 0 saturated carbocycles. The van der Waals surface area contributed by atoms with Crippen LogP contribution in [0.4, 0.5) is 10.5 Å². The molecule has 1 aromatic carbocycles. The van der Waals surface area contributed by atoms with E-state index in [4.69, 9.17) is 24.7 Å². The molecule has 1 heterocycles. The standard InChI is InChI=1S/C23H32N4O8/c1-7-34-20(28)18-16(12-13-17(32-5)33-6)26(22(29)35-23(2,3)4)21(24)25-19(18)14-8-10-15(11-9-14)27(30)31/h8-11,16-17H,7,12-13H2,1-6H3,(H2,24,25). The van der Waals surface area contributed by atoms with Crippen molar-refractivity contribution in [3.63, 3.8) is 0 Å². The largest absolute Gasteiger partial charge is 0.463 e. The normalized spacial score (nSPS) is 16.3. The Morgan fingerprint density at radius 1 is 1.20 bits per heavy atom. The number of nitrogens with zero attached hydrogens (tertiary/aromatic N) is 3. The van der Waals surface area contributed by atoms with Gasteiger partial charge in [-0.2, -0.15) is 0 Å². The van der Waals surface area contributed by atoms with Crippen molar-refractivity contribution in [3.05, 3.63) is 45.5 Å². The third-order valence-corrected chi connectivity index (χ3v) is 5.01. The van der Waals surface area contributed by atoms with Gasteiger partial charge in [-0.15, -0.1) is 0 Å². The van der Waals surface area contributed by atoms with Crippen molar-refractivity contribution in [2.75, 3.05) is 20.8 Å². The number of guanidine groups is 1. The molecular weight excluding hydrogens is 460 g/mol. The molecule has 12 heteroatoms. The molecule has 2 N–H and O–H groups in total. The molecule has 0 saturated heterocycles. The number of nitro groups is 1. The number of amides is 1. The summed E-state index contributed by atoms with van der Waals surface area (Å²) in [4.78, 5) is 42.3. The number of aliphatic imine (C=N–C) groups is 1. The van der Waals surface area contributed by atoms with Gasteiger partial charge in [-0.05, 0) is 46.2 Å². The molecule has 12 nitrogen and oxygen atoms in total. The van der Waals surface area contributed by atoms with E-state index in [9.17, 15) is 19.7 Å². The van der Waals surface area contributed by atoms with Crippen LogP contribution in [0.1, 0.15) is 46.1 Å². The number of hydrogen-bond acceptors (Lipinski definition) is 10. The fourth-order valence-electron chi connectivity index (χ4n) is 3.51. The molecule has 1 aliphatic rings. The molecule has 1 unspecified atom stereocenters. The number of nitrogens with two attached hydrogens (primary N) is 1. The fourth-order valence-corrected chi connectivity index (χ4v) is 3.51. The van der Waals surface area contributed by atoms with Crippen molar-refractivity contribution in [1.82, 2.24) is 4.90 Å². The summed E-state index contributed by atoms with van der Waals surface area (Å²) >= 11 is 0. The second kappa shape index (κ2) is 11.8. The van der Waals surface area contributed by atoms with Gasteiger partial charge in [0.25, 0.3) is 5.69 Å². The molecule has 1 atom stereocenters. The lowest BCUT2D eigenvalue weighted by atomic mass is 9.94. The number of esters is 1. The van der Waals surface area contributed by atoms with Crippen LogP contribution in [0.15, 0.2) is 34.8 Å². The summed E-state index contributed by atoms with van der Waals surface area (Å²) in [5.41, 5.74) is 5.85. The monoisotopic (exact) mass is 492 g/mol. The van der Waals surface area contributed by atoms with Crippen molar-refractivity contribution in [2.24, 2.45) is 10.7 Å². The molecule has 0 bridgehead atoms. The van der Waals surface area contributed by atoms with Crippen molar-refractivity contribution in [3.8, 4) is 0 Å². The summed E-state index contributed by atoms with van der Waals surface area (Å²) in [6.07, 6.45) is -0.922. The first kappa shape index (κ1) is 27.7. The molecule has 1 amide bonds. The van der Waals surface area contributed by atoms with Gasteiger partial charge in [0, 0.05) is 38.3 Å². The minimum atomic E-state index is -0.931. The zero-order chi connectivity index (χ0) is 26.3. The maximum absolute atomic E-state index is 13.2. The predicted octanol–water partition coefficient (Wildman–Crippen LogP) is 3.20. The number of carbonyl (C=O) groups is 2. The van der Waals surface area contributed by atoms with E-state index < -0.39 is 34.9 Å². The molecule has 0 aliphatic carbocycles. The number of rotatable bonds is 9. The van der Waals surface area contributed by atoms with E-state index in [1.54, 1.807) is 27.7 Å². The quantitative estimate of drug-likeness (QED) is 0.237.